The molecule has 0 aliphatic carbocycles. The molecule has 0 heterocycles. The molecule has 0 saturated heterocycles. The number of halogens is 4. The number of anilines is 1. The number of nitrogens with one attached hydrogen (secondary N) is 1. The van der Waals surface area contributed by atoms with Crippen molar-refractivity contribution in [2.45, 2.75) is 19.8 Å². The number of guanidine groups is 1. The quantitative estimate of drug-likeness (QED) is 0.325. The summed E-state index contributed by atoms with van der Waals surface area (Å²) in [5, 5.41) is 2.80. The molecule has 28 heavy (non-hydrogen) atoms. The molecule has 154 valence electrons. The Morgan fingerprint density at radius 3 is 2.36 bits per heavy atom. The molecule has 2 aromatic carbocycles. The summed E-state index contributed by atoms with van der Waals surface area (Å²) >= 11 is 0. The van der Waals surface area contributed by atoms with Crippen LogP contribution in [0.2, 0.25) is 0 Å². The van der Waals surface area contributed by atoms with Gasteiger partial charge in [0.2, 0.25) is 0 Å². The summed E-state index contributed by atoms with van der Waals surface area (Å²) in [5.41, 5.74) is 7.16. The summed E-state index contributed by atoms with van der Waals surface area (Å²) in [6.07, 6.45) is -4.73. The van der Waals surface area contributed by atoms with Crippen molar-refractivity contribution in [2.24, 2.45) is 10.7 Å². The summed E-state index contributed by atoms with van der Waals surface area (Å²) in [5.74, 6) is 1.04. The Balaban J connectivity index is 0.00000392. The summed E-state index contributed by atoms with van der Waals surface area (Å²) in [4.78, 5) is 4.20. The Morgan fingerprint density at radius 2 is 1.79 bits per heavy atom. The van der Waals surface area contributed by atoms with Crippen LogP contribution in [0, 0.1) is 0 Å². The molecule has 2 aromatic rings. The molecule has 3 N–H and O–H groups in total. The maximum absolute atomic E-state index is 12.1. The first kappa shape index (κ1) is 23.7. The molecule has 0 aliphatic rings. The van der Waals surface area contributed by atoms with Crippen LogP contribution in [0.3, 0.4) is 0 Å². The smallest absolute Gasteiger partial charge is 0.493 e. The Hall–Kier alpha value is -2.37. The van der Waals surface area contributed by atoms with Crippen LogP contribution in [0.1, 0.15) is 12.5 Å². The molecule has 0 saturated carbocycles. The molecular weight excluding hydrogens is 490 g/mol. The zero-order chi connectivity index (χ0) is 19.9. The summed E-state index contributed by atoms with van der Waals surface area (Å²) in [6, 6.07) is 10.6. The van der Waals surface area contributed by atoms with Gasteiger partial charge in [-0.2, -0.15) is 0 Å². The van der Waals surface area contributed by atoms with Gasteiger partial charge in [-0.25, -0.2) is 4.99 Å². The summed E-state index contributed by atoms with van der Waals surface area (Å²) in [6.45, 7) is 2.66. The molecular formula is C18H21F3IN3O3. The van der Waals surface area contributed by atoms with E-state index >= 15 is 0 Å². The van der Waals surface area contributed by atoms with E-state index in [2.05, 4.69) is 15.0 Å². The van der Waals surface area contributed by atoms with Crippen LogP contribution in [0.25, 0.3) is 0 Å². The van der Waals surface area contributed by atoms with Crippen LogP contribution < -0.4 is 25.3 Å². The molecule has 0 unspecified atom stereocenters. The number of nitrogens with zero attached hydrogens (tertiary/aromatic N) is 1. The van der Waals surface area contributed by atoms with Gasteiger partial charge in [0.1, 0.15) is 5.75 Å². The number of benzene rings is 2. The molecule has 2 rings (SSSR count). The second-order valence-corrected chi connectivity index (χ2v) is 5.32. The number of ether oxygens (including phenoxy) is 3. The van der Waals surface area contributed by atoms with Gasteiger partial charge in [-0.05, 0) is 48.9 Å². The van der Waals surface area contributed by atoms with E-state index in [1.165, 1.54) is 24.3 Å². The van der Waals surface area contributed by atoms with Crippen molar-refractivity contribution >= 4 is 35.6 Å². The highest BCUT2D eigenvalue weighted by Crippen LogP contribution is 2.28. The van der Waals surface area contributed by atoms with Crippen molar-refractivity contribution in [3.8, 4) is 17.2 Å². The topological polar surface area (TPSA) is 78.1 Å². The average molecular weight is 511 g/mol. The molecule has 0 fully saturated rings. The SMILES string of the molecule is CCOc1cc(CN=C(N)Nc2ccc(OC(F)(F)F)cc2)ccc1OC.I. The Labute approximate surface area is 177 Å². The number of nitrogens with two attached hydrogens (primary N) is 1. The standard InChI is InChI=1S/C18H20F3N3O3.HI/c1-3-26-16-10-12(4-9-15(16)25-2)11-23-17(22)24-13-5-7-14(8-6-13)27-18(19,20)21;/h4-10H,3,11H2,1-2H3,(H3,22,23,24);1H. The first-order valence-electron chi connectivity index (χ1n) is 8.03. The Bertz CT molecular complexity index is 784. The summed E-state index contributed by atoms with van der Waals surface area (Å²) < 4.78 is 51.0. The molecule has 0 atom stereocenters. The van der Waals surface area contributed by atoms with Gasteiger partial charge in [0.25, 0.3) is 0 Å². The van der Waals surface area contributed by atoms with Gasteiger partial charge < -0.3 is 25.3 Å². The number of alkyl halides is 3. The molecule has 10 heteroatoms. The van der Waals surface area contributed by atoms with E-state index in [1.807, 2.05) is 19.1 Å². The van der Waals surface area contributed by atoms with E-state index in [0.717, 1.165) is 5.56 Å². The van der Waals surface area contributed by atoms with Gasteiger partial charge >= 0.3 is 6.36 Å². The number of aliphatic imine (C=N–C) groups is 1. The normalized spacial score (nSPS) is 11.4. The maximum Gasteiger partial charge on any atom is 0.573 e. The monoisotopic (exact) mass is 511 g/mol. The minimum absolute atomic E-state index is 0. The van der Waals surface area contributed by atoms with E-state index in [0.29, 0.717) is 23.8 Å². The van der Waals surface area contributed by atoms with Crippen molar-refractivity contribution in [2.75, 3.05) is 19.0 Å². The third-order valence-corrected chi connectivity index (χ3v) is 3.32. The van der Waals surface area contributed by atoms with Gasteiger partial charge in [-0.3, -0.25) is 0 Å². The van der Waals surface area contributed by atoms with Crippen LogP contribution in [0.5, 0.6) is 17.2 Å². The van der Waals surface area contributed by atoms with E-state index in [9.17, 15) is 13.2 Å². The fraction of sp³-hybridized carbons (Fsp3) is 0.278. The Morgan fingerprint density at radius 1 is 1.11 bits per heavy atom. The number of rotatable bonds is 7. The largest absolute Gasteiger partial charge is 0.573 e. The van der Waals surface area contributed by atoms with Crippen LogP contribution in [-0.2, 0) is 6.54 Å². The van der Waals surface area contributed by atoms with Crippen LogP contribution in [0.15, 0.2) is 47.5 Å². The average Bonchev–Trinajstić information content (AvgIpc) is 2.61. The van der Waals surface area contributed by atoms with Crippen LogP contribution in [-0.4, -0.2) is 26.0 Å². The van der Waals surface area contributed by atoms with Crippen LogP contribution in [0.4, 0.5) is 18.9 Å². The van der Waals surface area contributed by atoms with Gasteiger partial charge in [0.05, 0.1) is 20.3 Å². The number of methoxy groups -OCH3 is 1. The lowest BCUT2D eigenvalue weighted by Crippen LogP contribution is -2.22. The van der Waals surface area contributed by atoms with Gasteiger partial charge in [0.15, 0.2) is 17.5 Å². The van der Waals surface area contributed by atoms with E-state index in [-0.39, 0.29) is 42.2 Å². The third-order valence-electron chi connectivity index (χ3n) is 3.32. The zero-order valence-corrected chi connectivity index (χ0v) is 17.6. The predicted octanol–water partition coefficient (Wildman–Crippen LogP) is 4.54. The maximum atomic E-state index is 12.1. The zero-order valence-electron chi connectivity index (χ0n) is 15.2. The third kappa shape index (κ3) is 7.71. The second-order valence-electron chi connectivity index (χ2n) is 5.32. The van der Waals surface area contributed by atoms with E-state index < -0.39 is 6.36 Å². The summed E-state index contributed by atoms with van der Waals surface area (Å²) in [7, 11) is 1.56. The fourth-order valence-electron chi connectivity index (χ4n) is 2.19. The molecule has 0 spiro atoms. The molecule has 0 aromatic heterocycles. The lowest BCUT2D eigenvalue weighted by Gasteiger charge is -2.11. The fourth-order valence-corrected chi connectivity index (χ4v) is 2.19. The highest BCUT2D eigenvalue weighted by molar-refractivity contribution is 14.0. The molecule has 0 radical (unpaired) electrons. The number of hydrogen-bond acceptors (Lipinski definition) is 4. The van der Waals surface area contributed by atoms with Crippen molar-refractivity contribution in [1.82, 2.24) is 0 Å². The van der Waals surface area contributed by atoms with Gasteiger partial charge in [0, 0.05) is 5.69 Å². The minimum Gasteiger partial charge on any atom is -0.493 e. The first-order chi connectivity index (χ1) is 12.8. The van der Waals surface area contributed by atoms with Gasteiger partial charge in [-0.15, -0.1) is 37.1 Å². The molecule has 0 aliphatic heterocycles. The first-order valence-corrected chi connectivity index (χ1v) is 8.03. The molecule has 6 nitrogen and oxygen atoms in total. The highest BCUT2D eigenvalue weighted by atomic mass is 127. The Kier molecular flexibility index (Phi) is 9.16. The van der Waals surface area contributed by atoms with E-state index in [4.69, 9.17) is 15.2 Å². The second kappa shape index (κ2) is 10.8. The predicted molar refractivity (Wildman–Crippen MR) is 112 cm³/mol. The van der Waals surface area contributed by atoms with Crippen molar-refractivity contribution in [3.05, 3.63) is 48.0 Å². The lowest BCUT2D eigenvalue weighted by atomic mass is 10.2. The van der Waals surface area contributed by atoms with Crippen molar-refractivity contribution in [1.29, 1.82) is 0 Å². The minimum atomic E-state index is -4.73. The molecule has 0 bridgehead atoms. The highest BCUT2D eigenvalue weighted by Gasteiger charge is 2.30. The van der Waals surface area contributed by atoms with Crippen molar-refractivity contribution < 1.29 is 27.4 Å². The van der Waals surface area contributed by atoms with Crippen LogP contribution >= 0.6 is 24.0 Å². The van der Waals surface area contributed by atoms with Crippen molar-refractivity contribution in [3.63, 3.8) is 0 Å². The number of hydrogen-bond donors (Lipinski definition) is 2. The lowest BCUT2D eigenvalue weighted by molar-refractivity contribution is -0.274. The van der Waals surface area contributed by atoms with E-state index in [1.54, 1.807) is 13.2 Å². The van der Waals surface area contributed by atoms with Gasteiger partial charge in [-0.1, -0.05) is 6.07 Å². The molecule has 0 amide bonds.